The molecule has 0 aliphatic carbocycles. The number of benzene rings is 1. The Bertz CT molecular complexity index is 721. The Balaban J connectivity index is 1.84. The summed E-state index contributed by atoms with van der Waals surface area (Å²) in [6.45, 7) is 0.500. The van der Waals surface area contributed by atoms with Gasteiger partial charge in [-0.25, -0.2) is 9.78 Å². The molecule has 2 heterocycles. The molecule has 21 heavy (non-hydrogen) atoms. The van der Waals surface area contributed by atoms with Gasteiger partial charge in [-0.1, -0.05) is 6.07 Å². The molecule has 0 spiro atoms. The van der Waals surface area contributed by atoms with Crippen molar-refractivity contribution < 1.29 is 14.7 Å². The molecule has 1 aliphatic rings. The minimum absolute atomic E-state index is 0.00162. The molecule has 0 unspecified atom stereocenters. The Kier molecular flexibility index (Phi) is 3.21. The topological polar surface area (TPSA) is 75.4 Å². The number of imidazole rings is 1. The van der Waals surface area contributed by atoms with Crippen LogP contribution in [0.2, 0.25) is 0 Å². The van der Waals surface area contributed by atoms with E-state index in [0.717, 1.165) is 11.4 Å². The maximum Gasteiger partial charge on any atom is 0.335 e. The average Bonchev–Trinajstić information content (AvgIpc) is 2.98. The first-order valence-corrected chi connectivity index (χ1v) is 6.69. The second-order valence-corrected chi connectivity index (χ2v) is 5.08. The fourth-order valence-corrected chi connectivity index (χ4v) is 2.58. The third-order valence-corrected chi connectivity index (χ3v) is 3.75. The largest absolute Gasteiger partial charge is 0.478 e. The van der Waals surface area contributed by atoms with Crippen molar-refractivity contribution in [2.24, 2.45) is 7.05 Å². The second-order valence-electron chi connectivity index (χ2n) is 5.08. The Morgan fingerprint density at radius 2 is 2.24 bits per heavy atom. The zero-order valence-corrected chi connectivity index (χ0v) is 11.6. The first-order chi connectivity index (χ1) is 10.1. The molecule has 1 aromatic heterocycles. The van der Waals surface area contributed by atoms with Crippen LogP contribution in [0.25, 0.3) is 0 Å². The van der Waals surface area contributed by atoms with E-state index in [1.165, 1.54) is 6.07 Å². The van der Waals surface area contributed by atoms with E-state index >= 15 is 0 Å². The molecule has 1 aromatic carbocycles. The Morgan fingerprint density at radius 1 is 1.43 bits per heavy atom. The molecule has 0 bridgehead atoms. The van der Waals surface area contributed by atoms with Crippen molar-refractivity contribution in [3.63, 3.8) is 0 Å². The molecule has 6 nitrogen and oxygen atoms in total. The number of aromatic carboxylic acids is 1. The van der Waals surface area contributed by atoms with E-state index in [1.54, 1.807) is 23.2 Å². The number of fused-ring (bicyclic) bond motifs is 1. The maximum absolute atomic E-state index is 12.1. The van der Waals surface area contributed by atoms with Gasteiger partial charge in [0.15, 0.2) is 0 Å². The third kappa shape index (κ3) is 2.40. The lowest BCUT2D eigenvalue weighted by molar-refractivity contribution is -0.117. The molecule has 0 fully saturated rings. The van der Waals surface area contributed by atoms with Crippen LogP contribution in [-0.4, -0.2) is 33.1 Å². The van der Waals surface area contributed by atoms with E-state index in [4.69, 9.17) is 5.11 Å². The second kappa shape index (κ2) is 5.05. The van der Waals surface area contributed by atoms with Crippen LogP contribution >= 0.6 is 0 Å². The van der Waals surface area contributed by atoms with Crippen molar-refractivity contribution in [3.05, 3.63) is 47.5 Å². The number of hydrogen-bond donors (Lipinski definition) is 1. The van der Waals surface area contributed by atoms with Gasteiger partial charge in [-0.3, -0.25) is 4.79 Å². The van der Waals surface area contributed by atoms with E-state index in [1.807, 2.05) is 17.8 Å². The van der Waals surface area contributed by atoms with Crippen molar-refractivity contribution in [2.75, 3.05) is 11.4 Å². The minimum atomic E-state index is -0.985. The number of nitrogens with zero attached hydrogens (tertiary/aromatic N) is 3. The summed E-state index contributed by atoms with van der Waals surface area (Å²) in [4.78, 5) is 29.1. The number of carbonyl (C=O) groups is 2. The summed E-state index contributed by atoms with van der Waals surface area (Å²) in [5.74, 6) is -0.0893. The van der Waals surface area contributed by atoms with E-state index in [0.29, 0.717) is 25.1 Å². The van der Waals surface area contributed by atoms with Crippen LogP contribution in [0.5, 0.6) is 0 Å². The predicted octanol–water partition coefficient (Wildman–Crippen LogP) is 1.25. The fraction of sp³-hybridized carbons (Fsp3) is 0.267. The Hall–Kier alpha value is -2.63. The van der Waals surface area contributed by atoms with Crippen LogP contribution in [0.1, 0.15) is 21.7 Å². The molecule has 1 aliphatic heterocycles. The van der Waals surface area contributed by atoms with E-state index in [9.17, 15) is 9.59 Å². The lowest BCUT2D eigenvalue weighted by Gasteiger charge is -2.17. The lowest BCUT2D eigenvalue weighted by Crippen LogP contribution is -2.29. The molecule has 1 N–H and O–H groups in total. The van der Waals surface area contributed by atoms with Crippen molar-refractivity contribution in [2.45, 2.75) is 12.8 Å². The normalized spacial score (nSPS) is 13.6. The van der Waals surface area contributed by atoms with Gasteiger partial charge >= 0.3 is 5.97 Å². The van der Waals surface area contributed by atoms with Gasteiger partial charge < -0.3 is 14.6 Å². The van der Waals surface area contributed by atoms with Crippen LogP contribution in [-0.2, 0) is 24.7 Å². The number of rotatable bonds is 4. The number of hydrogen-bond acceptors (Lipinski definition) is 3. The van der Waals surface area contributed by atoms with E-state index in [2.05, 4.69) is 4.98 Å². The number of aryl methyl sites for hydroxylation is 1. The summed E-state index contributed by atoms with van der Waals surface area (Å²) in [7, 11) is 1.91. The zero-order chi connectivity index (χ0) is 15.0. The monoisotopic (exact) mass is 285 g/mol. The predicted molar refractivity (Wildman–Crippen MR) is 76.4 cm³/mol. The summed E-state index contributed by atoms with van der Waals surface area (Å²) < 4.78 is 1.91. The van der Waals surface area contributed by atoms with Crippen LogP contribution < -0.4 is 4.90 Å². The maximum atomic E-state index is 12.1. The number of anilines is 1. The molecule has 108 valence electrons. The first-order valence-electron chi connectivity index (χ1n) is 6.69. The van der Waals surface area contributed by atoms with E-state index in [-0.39, 0.29) is 11.5 Å². The van der Waals surface area contributed by atoms with E-state index < -0.39 is 5.97 Å². The van der Waals surface area contributed by atoms with Crippen molar-refractivity contribution in [1.82, 2.24) is 9.55 Å². The number of carboxylic acid groups (broad SMARTS) is 1. The Labute approximate surface area is 121 Å². The zero-order valence-electron chi connectivity index (χ0n) is 11.6. The number of amides is 1. The van der Waals surface area contributed by atoms with Gasteiger partial charge in [0.05, 0.1) is 12.0 Å². The van der Waals surface area contributed by atoms with Crippen LogP contribution in [0.4, 0.5) is 5.69 Å². The highest BCUT2D eigenvalue weighted by Crippen LogP contribution is 2.30. The summed E-state index contributed by atoms with van der Waals surface area (Å²) in [5, 5.41) is 9.07. The molecule has 0 saturated carbocycles. The molecule has 6 heteroatoms. The highest BCUT2D eigenvalue weighted by Gasteiger charge is 2.28. The summed E-state index contributed by atoms with van der Waals surface area (Å²) in [5.41, 5.74) is 1.78. The first kappa shape index (κ1) is 13.4. The van der Waals surface area contributed by atoms with Crippen LogP contribution in [0.15, 0.2) is 30.6 Å². The summed E-state index contributed by atoms with van der Waals surface area (Å²) in [6, 6.07) is 4.83. The molecule has 0 saturated heterocycles. The fourth-order valence-electron chi connectivity index (χ4n) is 2.58. The summed E-state index contributed by atoms with van der Waals surface area (Å²) in [6.07, 6.45) is 4.54. The molecule has 3 rings (SSSR count). The van der Waals surface area contributed by atoms with Gasteiger partial charge in [-0.2, -0.15) is 0 Å². The molecule has 1 amide bonds. The smallest absolute Gasteiger partial charge is 0.335 e. The third-order valence-electron chi connectivity index (χ3n) is 3.75. The van der Waals surface area contributed by atoms with Gasteiger partial charge in [0, 0.05) is 38.1 Å². The van der Waals surface area contributed by atoms with Crippen LogP contribution in [0.3, 0.4) is 0 Å². The number of aromatic nitrogens is 2. The molecular weight excluding hydrogens is 270 g/mol. The molecular formula is C15H15N3O3. The number of carboxylic acids is 1. The van der Waals surface area contributed by atoms with Crippen molar-refractivity contribution >= 4 is 17.6 Å². The lowest BCUT2D eigenvalue weighted by atomic mass is 10.1. The Morgan fingerprint density at radius 3 is 2.90 bits per heavy atom. The van der Waals surface area contributed by atoms with Crippen LogP contribution in [0, 0.1) is 0 Å². The quantitative estimate of drug-likeness (QED) is 0.917. The minimum Gasteiger partial charge on any atom is -0.478 e. The van der Waals surface area contributed by atoms with Gasteiger partial charge in [0.2, 0.25) is 5.91 Å². The van der Waals surface area contributed by atoms with Gasteiger partial charge in [0.1, 0.15) is 5.82 Å². The van der Waals surface area contributed by atoms with Gasteiger partial charge in [0.25, 0.3) is 0 Å². The molecule has 2 aromatic rings. The highest BCUT2D eigenvalue weighted by molar-refractivity contribution is 6.03. The highest BCUT2D eigenvalue weighted by atomic mass is 16.4. The standard InChI is InChI=1S/C15H15N3O3/c1-17-7-5-16-13(17)4-6-18-12-8-11(15(20)21)3-2-10(12)9-14(18)19/h2-3,5,7-8H,4,6,9H2,1H3,(H,20,21). The van der Waals surface area contributed by atoms with Gasteiger partial charge in [-0.15, -0.1) is 0 Å². The molecule has 0 radical (unpaired) electrons. The van der Waals surface area contributed by atoms with Crippen molar-refractivity contribution in [3.8, 4) is 0 Å². The van der Waals surface area contributed by atoms with Gasteiger partial charge in [-0.05, 0) is 17.7 Å². The summed E-state index contributed by atoms with van der Waals surface area (Å²) >= 11 is 0. The number of carbonyl (C=O) groups excluding carboxylic acids is 1. The van der Waals surface area contributed by atoms with Crippen molar-refractivity contribution in [1.29, 1.82) is 0 Å². The molecule has 0 atom stereocenters. The average molecular weight is 285 g/mol. The SMILES string of the molecule is Cn1ccnc1CCN1C(=O)Cc2ccc(C(=O)O)cc21.